The van der Waals surface area contributed by atoms with Gasteiger partial charge < -0.3 is 5.32 Å². The SMILES string of the molecule is Cc1cc(C)c(NC(=O)/C=C/c2cccc(Cl)c2Cl)c(C)n1. The largest absolute Gasteiger partial charge is 0.321 e. The summed E-state index contributed by atoms with van der Waals surface area (Å²) >= 11 is 12.0. The smallest absolute Gasteiger partial charge is 0.248 e. The van der Waals surface area contributed by atoms with E-state index >= 15 is 0 Å². The van der Waals surface area contributed by atoms with Gasteiger partial charge in [0.25, 0.3) is 0 Å². The Bertz CT molecular complexity index is 731. The third-order valence-corrected chi connectivity index (χ3v) is 4.00. The normalized spacial score (nSPS) is 11.0. The lowest BCUT2D eigenvalue weighted by Crippen LogP contribution is -2.11. The van der Waals surface area contributed by atoms with Crippen molar-refractivity contribution in [1.29, 1.82) is 0 Å². The zero-order valence-corrected chi connectivity index (χ0v) is 14.1. The molecule has 0 radical (unpaired) electrons. The van der Waals surface area contributed by atoms with Gasteiger partial charge >= 0.3 is 0 Å². The molecule has 0 fully saturated rings. The average molecular weight is 335 g/mol. The first kappa shape index (κ1) is 16.5. The summed E-state index contributed by atoms with van der Waals surface area (Å²) in [6.07, 6.45) is 3.06. The van der Waals surface area contributed by atoms with Crippen LogP contribution in [0.15, 0.2) is 30.3 Å². The van der Waals surface area contributed by atoms with Crippen LogP contribution in [-0.2, 0) is 4.79 Å². The summed E-state index contributed by atoms with van der Waals surface area (Å²) in [6.45, 7) is 5.73. The van der Waals surface area contributed by atoms with Crippen molar-refractivity contribution in [3.63, 3.8) is 0 Å². The van der Waals surface area contributed by atoms with E-state index in [1.807, 2.05) is 26.8 Å². The zero-order valence-electron chi connectivity index (χ0n) is 12.6. The van der Waals surface area contributed by atoms with E-state index in [0.717, 1.165) is 22.6 Å². The Labute approximate surface area is 140 Å². The van der Waals surface area contributed by atoms with Gasteiger partial charge in [0.2, 0.25) is 5.91 Å². The molecule has 2 aromatic rings. The molecule has 1 amide bonds. The van der Waals surface area contributed by atoms with Crippen LogP contribution in [0.1, 0.15) is 22.5 Å². The second-order valence-electron chi connectivity index (χ2n) is 5.01. The number of aryl methyl sites for hydroxylation is 3. The summed E-state index contributed by atoms with van der Waals surface area (Å²) in [5, 5.41) is 3.73. The number of benzene rings is 1. The van der Waals surface area contributed by atoms with E-state index in [4.69, 9.17) is 23.2 Å². The highest BCUT2D eigenvalue weighted by atomic mass is 35.5. The lowest BCUT2D eigenvalue weighted by molar-refractivity contribution is -0.111. The van der Waals surface area contributed by atoms with Crippen molar-refractivity contribution in [2.24, 2.45) is 0 Å². The summed E-state index contributed by atoms with van der Waals surface area (Å²) in [5.41, 5.74) is 4.12. The van der Waals surface area contributed by atoms with Gasteiger partial charge in [-0.2, -0.15) is 0 Å². The van der Waals surface area contributed by atoms with E-state index in [1.54, 1.807) is 24.3 Å². The Morgan fingerprint density at radius 1 is 1.23 bits per heavy atom. The van der Waals surface area contributed by atoms with Crippen LogP contribution in [0.5, 0.6) is 0 Å². The molecule has 22 heavy (non-hydrogen) atoms. The number of anilines is 1. The maximum atomic E-state index is 12.1. The molecule has 0 saturated heterocycles. The molecule has 1 aromatic carbocycles. The van der Waals surface area contributed by atoms with Crippen molar-refractivity contribution in [2.45, 2.75) is 20.8 Å². The van der Waals surface area contributed by atoms with Gasteiger partial charge in [-0.1, -0.05) is 35.3 Å². The van der Waals surface area contributed by atoms with Crippen LogP contribution >= 0.6 is 23.2 Å². The summed E-state index contributed by atoms with van der Waals surface area (Å²) in [7, 11) is 0. The average Bonchev–Trinajstić information content (AvgIpc) is 2.44. The number of amides is 1. The van der Waals surface area contributed by atoms with Gasteiger partial charge in [-0.3, -0.25) is 9.78 Å². The highest BCUT2D eigenvalue weighted by Gasteiger charge is 2.08. The van der Waals surface area contributed by atoms with Gasteiger partial charge in [-0.05, 0) is 50.1 Å². The predicted octanol–water partition coefficient (Wildman–Crippen LogP) is 4.97. The number of aromatic nitrogens is 1. The topological polar surface area (TPSA) is 42.0 Å². The lowest BCUT2D eigenvalue weighted by Gasteiger charge is -2.10. The van der Waals surface area contributed by atoms with Crippen molar-refractivity contribution in [3.05, 3.63) is 62.9 Å². The zero-order chi connectivity index (χ0) is 16.3. The summed E-state index contributed by atoms with van der Waals surface area (Å²) in [5.74, 6) is -0.243. The van der Waals surface area contributed by atoms with Crippen LogP contribution in [-0.4, -0.2) is 10.9 Å². The molecule has 0 spiro atoms. The van der Waals surface area contributed by atoms with Gasteiger partial charge in [-0.15, -0.1) is 0 Å². The minimum atomic E-state index is -0.243. The molecule has 0 aliphatic heterocycles. The fourth-order valence-electron chi connectivity index (χ4n) is 2.19. The van der Waals surface area contributed by atoms with Gasteiger partial charge in [0.05, 0.1) is 21.4 Å². The second kappa shape index (κ2) is 6.95. The van der Waals surface area contributed by atoms with Gasteiger partial charge in [0.15, 0.2) is 0 Å². The van der Waals surface area contributed by atoms with Crippen LogP contribution < -0.4 is 5.32 Å². The molecule has 5 heteroatoms. The molecule has 1 heterocycles. The van der Waals surface area contributed by atoms with Gasteiger partial charge in [-0.25, -0.2) is 0 Å². The number of pyridine rings is 1. The number of rotatable bonds is 3. The highest BCUT2D eigenvalue weighted by molar-refractivity contribution is 6.42. The van der Waals surface area contributed by atoms with E-state index in [9.17, 15) is 4.79 Å². The molecule has 0 atom stereocenters. The molecule has 0 unspecified atom stereocenters. The summed E-state index contributed by atoms with van der Waals surface area (Å²) in [6, 6.07) is 7.21. The molecule has 2 rings (SSSR count). The van der Waals surface area contributed by atoms with Crippen LogP contribution in [0, 0.1) is 20.8 Å². The van der Waals surface area contributed by atoms with E-state index in [1.165, 1.54) is 6.08 Å². The quantitative estimate of drug-likeness (QED) is 0.805. The van der Waals surface area contributed by atoms with Crippen molar-refractivity contribution in [1.82, 2.24) is 4.98 Å². The third kappa shape index (κ3) is 3.87. The minimum Gasteiger partial charge on any atom is -0.321 e. The van der Waals surface area contributed by atoms with Crippen molar-refractivity contribution in [2.75, 3.05) is 5.32 Å². The molecular formula is C17H16Cl2N2O. The Kier molecular flexibility index (Phi) is 5.22. The highest BCUT2D eigenvalue weighted by Crippen LogP contribution is 2.26. The monoisotopic (exact) mass is 334 g/mol. The first-order valence-corrected chi connectivity index (χ1v) is 7.52. The number of halogens is 2. The fraction of sp³-hybridized carbons (Fsp3) is 0.176. The number of hydrogen-bond donors (Lipinski definition) is 1. The number of nitrogens with one attached hydrogen (secondary N) is 1. The Balaban J connectivity index is 2.17. The number of nitrogens with zero attached hydrogens (tertiary/aromatic N) is 1. The van der Waals surface area contributed by atoms with Crippen molar-refractivity contribution in [3.8, 4) is 0 Å². The standard InChI is InChI=1S/C17H16Cl2N2O/c1-10-9-11(2)20-12(3)17(10)21-15(22)8-7-13-5-4-6-14(18)16(13)19/h4-9H,1-3H3,(H,21,22)/b8-7+. The Hall–Kier alpha value is -1.84. The van der Waals surface area contributed by atoms with E-state index in [2.05, 4.69) is 10.3 Å². The molecule has 1 aromatic heterocycles. The lowest BCUT2D eigenvalue weighted by atomic mass is 10.1. The van der Waals surface area contributed by atoms with Crippen LogP contribution in [0.2, 0.25) is 10.0 Å². The molecule has 0 aliphatic rings. The maximum absolute atomic E-state index is 12.1. The van der Waals surface area contributed by atoms with Gasteiger partial charge in [0, 0.05) is 11.8 Å². The predicted molar refractivity (Wildman–Crippen MR) is 92.6 cm³/mol. The number of carbonyl (C=O) groups is 1. The maximum Gasteiger partial charge on any atom is 0.248 e. The van der Waals surface area contributed by atoms with Crippen LogP contribution in [0.3, 0.4) is 0 Å². The molecule has 0 saturated carbocycles. The summed E-state index contributed by atoms with van der Waals surface area (Å²) in [4.78, 5) is 16.4. The molecule has 114 valence electrons. The van der Waals surface area contributed by atoms with E-state index in [0.29, 0.717) is 15.6 Å². The molecular weight excluding hydrogens is 319 g/mol. The van der Waals surface area contributed by atoms with Crippen molar-refractivity contribution < 1.29 is 4.79 Å². The second-order valence-corrected chi connectivity index (χ2v) is 5.79. The van der Waals surface area contributed by atoms with E-state index in [-0.39, 0.29) is 5.91 Å². The Morgan fingerprint density at radius 2 is 1.95 bits per heavy atom. The molecule has 3 nitrogen and oxygen atoms in total. The molecule has 0 aliphatic carbocycles. The van der Waals surface area contributed by atoms with E-state index < -0.39 is 0 Å². The van der Waals surface area contributed by atoms with Gasteiger partial charge in [0.1, 0.15) is 0 Å². The number of hydrogen-bond acceptors (Lipinski definition) is 2. The third-order valence-electron chi connectivity index (χ3n) is 3.17. The minimum absolute atomic E-state index is 0.243. The summed E-state index contributed by atoms with van der Waals surface area (Å²) < 4.78 is 0. The number of carbonyl (C=O) groups excluding carboxylic acids is 1. The molecule has 0 bridgehead atoms. The molecule has 1 N–H and O–H groups in total. The van der Waals surface area contributed by atoms with Crippen LogP contribution in [0.4, 0.5) is 5.69 Å². The van der Waals surface area contributed by atoms with Crippen LogP contribution in [0.25, 0.3) is 6.08 Å². The first-order chi connectivity index (χ1) is 10.4. The first-order valence-electron chi connectivity index (χ1n) is 6.76. The van der Waals surface area contributed by atoms with Crippen molar-refractivity contribution >= 4 is 40.9 Å². The fourth-order valence-corrected chi connectivity index (χ4v) is 2.56. The Morgan fingerprint density at radius 3 is 2.64 bits per heavy atom.